The summed E-state index contributed by atoms with van der Waals surface area (Å²) < 4.78 is 8.16. The molecule has 1 aliphatic heterocycles. The Labute approximate surface area is 199 Å². The third-order valence-electron chi connectivity index (χ3n) is 7.18. The number of amides is 1. The molecule has 2 unspecified atom stereocenters. The number of benzene rings is 1. The second-order valence-corrected chi connectivity index (χ2v) is 11.2. The number of fused-ring (bicyclic) bond motifs is 1. The number of ether oxygens (including phenoxy) is 1. The Balaban J connectivity index is 1.36. The van der Waals surface area contributed by atoms with Crippen LogP contribution in [-0.2, 0) is 16.7 Å². The van der Waals surface area contributed by atoms with Gasteiger partial charge in [-0.25, -0.2) is 24.6 Å². The zero-order valence-corrected chi connectivity index (χ0v) is 20.2. The number of nitriles is 1. The van der Waals surface area contributed by atoms with Crippen molar-refractivity contribution in [2.24, 2.45) is 5.41 Å². The van der Waals surface area contributed by atoms with E-state index in [0.717, 1.165) is 48.8 Å². The predicted octanol–water partition coefficient (Wildman–Crippen LogP) is 4.97. The van der Waals surface area contributed by atoms with Gasteiger partial charge in [0.1, 0.15) is 5.60 Å². The monoisotopic (exact) mass is 458 g/mol. The highest BCUT2D eigenvalue weighted by Gasteiger charge is 2.52. The van der Waals surface area contributed by atoms with E-state index in [9.17, 15) is 10.1 Å². The van der Waals surface area contributed by atoms with Gasteiger partial charge in [0.25, 0.3) is 0 Å². The Morgan fingerprint density at radius 2 is 1.94 bits per heavy atom. The molecule has 3 aromatic rings. The Morgan fingerprint density at radius 1 is 1.18 bits per heavy atom. The number of imidazole rings is 1. The molecule has 8 heteroatoms. The number of nitrogens with zero attached hydrogens (tertiary/aromatic N) is 6. The molecule has 2 atom stereocenters. The number of carbonyl (C=O) groups excluding carboxylic acids is 1. The summed E-state index contributed by atoms with van der Waals surface area (Å²) in [6.45, 7) is 9.78. The van der Waals surface area contributed by atoms with Gasteiger partial charge in [0.2, 0.25) is 5.95 Å². The summed E-state index contributed by atoms with van der Waals surface area (Å²) in [5, 5.41) is 9.29. The first-order valence-electron chi connectivity index (χ1n) is 11.8. The van der Waals surface area contributed by atoms with E-state index in [1.54, 1.807) is 23.4 Å². The van der Waals surface area contributed by atoms with E-state index in [0.29, 0.717) is 18.1 Å². The molecule has 1 aromatic carbocycles. The molecule has 1 spiro atoms. The zero-order valence-electron chi connectivity index (χ0n) is 20.2. The highest BCUT2D eigenvalue weighted by Crippen LogP contribution is 2.47. The van der Waals surface area contributed by atoms with Crippen LogP contribution in [0.5, 0.6) is 0 Å². The summed E-state index contributed by atoms with van der Waals surface area (Å²) in [5.41, 5.74) is 2.79. The molecule has 1 saturated carbocycles. The first kappa shape index (κ1) is 22.3. The molecule has 2 fully saturated rings. The lowest BCUT2D eigenvalue weighted by atomic mass is 9.68. The smallest absolute Gasteiger partial charge is 0.417 e. The number of hydrogen-bond donors (Lipinski definition) is 0. The lowest BCUT2D eigenvalue weighted by molar-refractivity contribution is -0.0264. The number of carbonyl (C=O) groups is 1. The fraction of sp³-hybridized carbons (Fsp3) is 0.500. The summed E-state index contributed by atoms with van der Waals surface area (Å²) in [6.07, 6.45) is 8.64. The van der Waals surface area contributed by atoms with Gasteiger partial charge >= 0.3 is 6.09 Å². The zero-order chi connectivity index (χ0) is 24.1. The summed E-state index contributed by atoms with van der Waals surface area (Å²) in [6, 6.07) is 7.78. The number of anilines is 1. The molecule has 1 amide bonds. The number of hydrogen-bond acceptors (Lipinski definition) is 6. The summed E-state index contributed by atoms with van der Waals surface area (Å²) in [4.78, 5) is 27.9. The van der Waals surface area contributed by atoms with Crippen LogP contribution in [0.15, 0.2) is 36.9 Å². The van der Waals surface area contributed by atoms with Crippen molar-refractivity contribution >= 4 is 23.1 Å². The van der Waals surface area contributed by atoms with Gasteiger partial charge in [-0.2, -0.15) is 5.26 Å². The molecule has 0 radical (unpaired) electrons. The Morgan fingerprint density at radius 3 is 2.65 bits per heavy atom. The van der Waals surface area contributed by atoms with Gasteiger partial charge in [0, 0.05) is 18.9 Å². The van der Waals surface area contributed by atoms with E-state index in [4.69, 9.17) is 4.74 Å². The lowest BCUT2D eigenvalue weighted by Crippen LogP contribution is -2.45. The SMILES string of the molecule is CC1(Cn2cnc3ccc(C#N)cc32)CCCC2(CN(c3ncc(C(C)(C)C)cn3)C(=O)O2)C1. The van der Waals surface area contributed by atoms with Crippen LogP contribution in [0.2, 0.25) is 0 Å². The Kier molecular flexibility index (Phi) is 5.12. The van der Waals surface area contributed by atoms with Crippen molar-refractivity contribution in [3.05, 3.63) is 48.0 Å². The van der Waals surface area contributed by atoms with Crippen LogP contribution in [0.1, 0.15) is 64.5 Å². The molecule has 1 saturated heterocycles. The Hall–Kier alpha value is -3.47. The topological polar surface area (TPSA) is 96.9 Å². The highest BCUT2D eigenvalue weighted by molar-refractivity contribution is 5.88. The normalized spacial score (nSPS) is 25.0. The first-order chi connectivity index (χ1) is 16.1. The molecule has 2 aliphatic rings. The van der Waals surface area contributed by atoms with E-state index in [-0.39, 0.29) is 16.9 Å². The van der Waals surface area contributed by atoms with Gasteiger partial charge in [-0.15, -0.1) is 0 Å². The van der Waals surface area contributed by atoms with Crippen molar-refractivity contribution in [2.75, 3.05) is 11.4 Å². The van der Waals surface area contributed by atoms with Crippen LogP contribution < -0.4 is 4.90 Å². The van der Waals surface area contributed by atoms with E-state index in [1.807, 2.05) is 18.5 Å². The molecular weight excluding hydrogens is 428 g/mol. The van der Waals surface area contributed by atoms with E-state index >= 15 is 0 Å². The third kappa shape index (κ3) is 4.00. The molecule has 176 valence electrons. The molecule has 34 heavy (non-hydrogen) atoms. The van der Waals surface area contributed by atoms with Gasteiger partial charge in [-0.3, -0.25) is 0 Å². The number of rotatable bonds is 3. The minimum atomic E-state index is -0.551. The van der Waals surface area contributed by atoms with E-state index in [1.165, 1.54) is 0 Å². The van der Waals surface area contributed by atoms with Gasteiger partial charge in [0.05, 0.1) is 35.5 Å². The van der Waals surface area contributed by atoms with Crippen LogP contribution in [0.3, 0.4) is 0 Å². The second kappa shape index (κ2) is 7.79. The van der Waals surface area contributed by atoms with Crippen LogP contribution in [0.4, 0.5) is 10.7 Å². The van der Waals surface area contributed by atoms with Gasteiger partial charge in [-0.05, 0) is 60.3 Å². The van der Waals surface area contributed by atoms with Crippen molar-refractivity contribution in [2.45, 2.75) is 70.9 Å². The molecular formula is C26H30N6O2. The van der Waals surface area contributed by atoms with E-state index in [2.05, 4.69) is 53.3 Å². The summed E-state index contributed by atoms with van der Waals surface area (Å²) in [7, 11) is 0. The average Bonchev–Trinajstić information content (AvgIpc) is 3.32. The van der Waals surface area contributed by atoms with Crippen molar-refractivity contribution < 1.29 is 9.53 Å². The van der Waals surface area contributed by atoms with Crippen molar-refractivity contribution in [3.8, 4) is 6.07 Å². The standard InChI is InChI=1S/C26H30N6O2/c1-24(2,3)19-12-28-22(29-13-19)32-16-26(34-23(32)33)9-5-8-25(4,14-26)15-31-17-30-20-7-6-18(11-27)10-21(20)31/h6-7,10,12-13,17H,5,8-9,14-16H2,1-4H3. The molecule has 2 aromatic heterocycles. The van der Waals surface area contributed by atoms with Gasteiger partial charge in [0.15, 0.2) is 0 Å². The maximum absolute atomic E-state index is 12.9. The molecule has 0 N–H and O–H groups in total. The maximum Gasteiger partial charge on any atom is 0.417 e. The second-order valence-electron chi connectivity index (χ2n) is 11.2. The quantitative estimate of drug-likeness (QED) is 0.550. The maximum atomic E-state index is 12.9. The fourth-order valence-electron chi connectivity index (χ4n) is 5.44. The Bertz CT molecular complexity index is 1290. The predicted molar refractivity (Wildman–Crippen MR) is 128 cm³/mol. The van der Waals surface area contributed by atoms with Crippen molar-refractivity contribution in [1.29, 1.82) is 5.26 Å². The van der Waals surface area contributed by atoms with E-state index < -0.39 is 5.60 Å². The fourth-order valence-corrected chi connectivity index (χ4v) is 5.44. The van der Waals surface area contributed by atoms with Gasteiger partial charge in [-0.1, -0.05) is 27.7 Å². The van der Waals surface area contributed by atoms with Crippen LogP contribution in [0, 0.1) is 16.7 Å². The number of aromatic nitrogens is 4. The minimum absolute atomic E-state index is 0.0536. The van der Waals surface area contributed by atoms with Crippen molar-refractivity contribution in [1.82, 2.24) is 19.5 Å². The minimum Gasteiger partial charge on any atom is -0.441 e. The molecule has 0 bridgehead atoms. The van der Waals surface area contributed by atoms with Crippen LogP contribution in [-0.4, -0.2) is 37.8 Å². The summed E-state index contributed by atoms with van der Waals surface area (Å²) >= 11 is 0. The van der Waals surface area contributed by atoms with Gasteiger partial charge < -0.3 is 9.30 Å². The molecule has 1 aliphatic carbocycles. The largest absolute Gasteiger partial charge is 0.441 e. The third-order valence-corrected chi connectivity index (χ3v) is 7.18. The van der Waals surface area contributed by atoms with Crippen molar-refractivity contribution in [3.63, 3.8) is 0 Å². The van der Waals surface area contributed by atoms with Crippen LogP contribution >= 0.6 is 0 Å². The summed E-state index contributed by atoms with van der Waals surface area (Å²) in [5.74, 6) is 0.395. The molecule has 3 heterocycles. The first-order valence-corrected chi connectivity index (χ1v) is 11.8. The average molecular weight is 459 g/mol. The molecule has 5 rings (SSSR count). The highest BCUT2D eigenvalue weighted by atomic mass is 16.6. The van der Waals surface area contributed by atoms with Crippen LogP contribution in [0.25, 0.3) is 11.0 Å². The lowest BCUT2D eigenvalue weighted by Gasteiger charge is -2.43. The molecule has 8 nitrogen and oxygen atoms in total.